The number of halogens is 1. The van der Waals surface area contributed by atoms with Crippen molar-refractivity contribution in [3.05, 3.63) is 35.7 Å². The normalized spacial score (nSPS) is 9.00. The van der Waals surface area contributed by atoms with Crippen LogP contribution in [0.15, 0.2) is 18.7 Å². The van der Waals surface area contributed by atoms with Gasteiger partial charge in [-0.3, -0.25) is 0 Å². The Morgan fingerprint density at radius 1 is 1.62 bits per heavy atom. The molecule has 66 valence electrons. The molecule has 0 spiro atoms. The summed E-state index contributed by atoms with van der Waals surface area (Å²) in [6, 6.07) is 4.66. The number of rotatable bonds is 2. The summed E-state index contributed by atoms with van der Waals surface area (Å²) in [7, 11) is 1.62. The fourth-order valence-electron chi connectivity index (χ4n) is 1.12. The van der Waals surface area contributed by atoms with E-state index in [9.17, 15) is 4.39 Å². The molecule has 1 rings (SSSR count). The lowest BCUT2D eigenvalue weighted by atomic mass is 10.1. The van der Waals surface area contributed by atoms with Crippen LogP contribution in [0.25, 0.3) is 6.08 Å². The zero-order valence-electron chi connectivity index (χ0n) is 7.26. The van der Waals surface area contributed by atoms with E-state index in [1.165, 1.54) is 12.1 Å². The van der Waals surface area contributed by atoms with Crippen LogP contribution in [0.2, 0.25) is 0 Å². The minimum atomic E-state index is -0.434. The Hall–Kier alpha value is -1.82. The van der Waals surface area contributed by atoms with Gasteiger partial charge in [0.15, 0.2) is 0 Å². The molecule has 0 unspecified atom stereocenters. The zero-order chi connectivity index (χ0) is 9.84. The topological polar surface area (TPSA) is 35.8 Å². The molecule has 0 aliphatic carbocycles. The number of anilines is 1. The highest BCUT2D eigenvalue weighted by molar-refractivity contribution is 5.68. The van der Waals surface area contributed by atoms with Crippen molar-refractivity contribution in [2.45, 2.75) is 0 Å². The van der Waals surface area contributed by atoms with Crippen molar-refractivity contribution in [2.24, 2.45) is 0 Å². The maximum Gasteiger partial charge on any atom is 0.148 e. The molecule has 0 radical (unpaired) electrons. The highest BCUT2D eigenvalue weighted by Crippen LogP contribution is 2.22. The van der Waals surface area contributed by atoms with E-state index in [1.807, 2.05) is 6.07 Å². The molecule has 0 bridgehead atoms. The van der Waals surface area contributed by atoms with Crippen molar-refractivity contribution in [3.63, 3.8) is 0 Å². The van der Waals surface area contributed by atoms with Gasteiger partial charge in [0.2, 0.25) is 0 Å². The molecule has 0 aliphatic rings. The monoisotopic (exact) mass is 176 g/mol. The van der Waals surface area contributed by atoms with Gasteiger partial charge < -0.3 is 5.32 Å². The summed E-state index contributed by atoms with van der Waals surface area (Å²) in [5.74, 6) is -0.434. The van der Waals surface area contributed by atoms with E-state index in [0.717, 1.165) is 0 Å². The van der Waals surface area contributed by atoms with Gasteiger partial charge in [0, 0.05) is 12.6 Å². The lowest BCUT2D eigenvalue weighted by Crippen LogP contribution is -1.96. The quantitative estimate of drug-likeness (QED) is 0.750. The summed E-state index contributed by atoms with van der Waals surface area (Å²) in [4.78, 5) is 0. The van der Waals surface area contributed by atoms with Crippen molar-refractivity contribution in [1.82, 2.24) is 0 Å². The molecule has 0 fully saturated rings. The maximum absolute atomic E-state index is 13.2. The average molecular weight is 176 g/mol. The van der Waals surface area contributed by atoms with Crippen molar-refractivity contribution < 1.29 is 4.39 Å². The third kappa shape index (κ3) is 1.67. The standard InChI is InChI=1S/C10H9FN2/c1-3-8-4-7(6-12)5-9(11)10(8)13-2/h3-5,13H,1H2,2H3. The van der Waals surface area contributed by atoms with E-state index >= 15 is 0 Å². The first-order valence-electron chi connectivity index (χ1n) is 3.76. The summed E-state index contributed by atoms with van der Waals surface area (Å²) in [5, 5.41) is 11.3. The van der Waals surface area contributed by atoms with Gasteiger partial charge in [-0.1, -0.05) is 12.7 Å². The molecule has 0 amide bonds. The number of nitrogens with zero attached hydrogens (tertiary/aromatic N) is 1. The molecule has 0 atom stereocenters. The highest BCUT2D eigenvalue weighted by atomic mass is 19.1. The lowest BCUT2D eigenvalue weighted by molar-refractivity contribution is 0.630. The largest absolute Gasteiger partial charge is 0.385 e. The Balaban J connectivity index is 3.39. The zero-order valence-corrected chi connectivity index (χ0v) is 7.26. The number of benzene rings is 1. The van der Waals surface area contributed by atoms with Gasteiger partial charge in [-0.2, -0.15) is 5.26 Å². The predicted molar refractivity (Wildman–Crippen MR) is 50.8 cm³/mol. The summed E-state index contributed by atoms with van der Waals surface area (Å²) in [5.41, 5.74) is 1.26. The van der Waals surface area contributed by atoms with Crippen molar-refractivity contribution >= 4 is 11.8 Å². The SMILES string of the molecule is C=Cc1cc(C#N)cc(F)c1NC. The first-order valence-corrected chi connectivity index (χ1v) is 3.76. The second-order valence-electron chi connectivity index (χ2n) is 2.49. The van der Waals surface area contributed by atoms with Crippen LogP contribution in [0, 0.1) is 17.1 Å². The van der Waals surface area contributed by atoms with E-state index in [1.54, 1.807) is 13.1 Å². The van der Waals surface area contributed by atoms with Gasteiger partial charge in [0.05, 0.1) is 17.3 Å². The van der Waals surface area contributed by atoms with Crippen LogP contribution in [-0.4, -0.2) is 7.05 Å². The van der Waals surface area contributed by atoms with Gasteiger partial charge in [-0.05, 0) is 12.1 Å². The molecule has 1 aromatic carbocycles. The molecular formula is C10H9FN2. The Morgan fingerprint density at radius 3 is 2.77 bits per heavy atom. The molecule has 1 N–H and O–H groups in total. The van der Waals surface area contributed by atoms with Gasteiger partial charge in [0.25, 0.3) is 0 Å². The molecule has 3 heteroatoms. The molecule has 0 heterocycles. The second kappa shape index (κ2) is 3.72. The van der Waals surface area contributed by atoms with Crippen LogP contribution < -0.4 is 5.32 Å². The fraction of sp³-hybridized carbons (Fsp3) is 0.100. The van der Waals surface area contributed by atoms with Crippen LogP contribution in [0.3, 0.4) is 0 Å². The summed E-state index contributed by atoms with van der Waals surface area (Å²) in [6.07, 6.45) is 1.51. The first-order chi connectivity index (χ1) is 6.22. The molecule has 0 saturated carbocycles. The molecule has 0 saturated heterocycles. The van der Waals surface area contributed by atoms with Crippen molar-refractivity contribution in [1.29, 1.82) is 5.26 Å². The molecule has 2 nitrogen and oxygen atoms in total. The van der Waals surface area contributed by atoms with Gasteiger partial charge in [-0.25, -0.2) is 4.39 Å². The first kappa shape index (κ1) is 9.27. The Morgan fingerprint density at radius 2 is 2.31 bits per heavy atom. The van der Waals surface area contributed by atoms with Crippen molar-refractivity contribution in [2.75, 3.05) is 12.4 Å². The predicted octanol–water partition coefficient (Wildman–Crippen LogP) is 2.38. The molecule has 13 heavy (non-hydrogen) atoms. The number of nitrogens with one attached hydrogen (secondary N) is 1. The Kier molecular flexibility index (Phi) is 2.65. The Labute approximate surface area is 76.3 Å². The lowest BCUT2D eigenvalue weighted by Gasteiger charge is -2.06. The van der Waals surface area contributed by atoms with Crippen LogP contribution in [0.1, 0.15) is 11.1 Å². The number of nitriles is 1. The summed E-state index contributed by atoms with van der Waals surface area (Å²) < 4.78 is 13.2. The molecular weight excluding hydrogens is 167 g/mol. The third-order valence-corrected chi connectivity index (χ3v) is 1.72. The number of hydrogen-bond acceptors (Lipinski definition) is 2. The maximum atomic E-state index is 13.2. The van der Waals surface area contributed by atoms with Gasteiger partial charge in [-0.15, -0.1) is 0 Å². The number of hydrogen-bond donors (Lipinski definition) is 1. The van der Waals surface area contributed by atoms with Crippen LogP contribution in [-0.2, 0) is 0 Å². The van der Waals surface area contributed by atoms with Gasteiger partial charge >= 0.3 is 0 Å². The summed E-state index contributed by atoms with van der Waals surface area (Å²) >= 11 is 0. The van der Waals surface area contributed by atoms with E-state index in [4.69, 9.17) is 5.26 Å². The molecule has 0 aromatic heterocycles. The van der Waals surface area contributed by atoms with Crippen LogP contribution in [0.5, 0.6) is 0 Å². The van der Waals surface area contributed by atoms with Gasteiger partial charge in [0.1, 0.15) is 5.82 Å². The van der Waals surface area contributed by atoms with E-state index in [-0.39, 0.29) is 0 Å². The van der Waals surface area contributed by atoms with E-state index in [0.29, 0.717) is 16.8 Å². The minimum absolute atomic E-state index is 0.298. The van der Waals surface area contributed by atoms with Crippen LogP contribution in [0.4, 0.5) is 10.1 Å². The second-order valence-corrected chi connectivity index (χ2v) is 2.49. The van der Waals surface area contributed by atoms with Crippen molar-refractivity contribution in [3.8, 4) is 6.07 Å². The highest BCUT2D eigenvalue weighted by Gasteiger charge is 2.06. The van der Waals surface area contributed by atoms with Crippen LogP contribution >= 0.6 is 0 Å². The molecule has 1 aromatic rings. The Bertz CT molecular complexity index is 377. The molecule has 0 aliphatic heterocycles. The van der Waals surface area contributed by atoms with E-state index in [2.05, 4.69) is 11.9 Å². The smallest absolute Gasteiger partial charge is 0.148 e. The van der Waals surface area contributed by atoms with E-state index < -0.39 is 5.82 Å². The third-order valence-electron chi connectivity index (χ3n) is 1.72. The average Bonchev–Trinajstić information content (AvgIpc) is 2.16. The fourth-order valence-corrected chi connectivity index (χ4v) is 1.12. The minimum Gasteiger partial charge on any atom is -0.385 e. The summed E-state index contributed by atoms with van der Waals surface area (Å²) in [6.45, 7) is 3.54.